The number of nitrogens with zero attached hydrogens (tertiary/aromatic N) is 4. The van der Waals surface area contributed by atoms with Gasteiger partial charge < -0.3 is 29.3 Å². The quantitative estimate of drug-likeness (QED) is 0.167. The summed E-state index contributed by atoms with van der Waals surface area (Å²) in [6, 6.07) is 11.2. The van der Waals surface area contributed by atoms with Crippen molar-refractivity contribution in [1.82, 2.24) is 25.2 Å². The average Bonchev–Trinajstić information content (AvgIpc) is 3.47. The number of amides is 3. The van der Waals surface area contributed by atoms with E-state index in [9.17, 15) is 14.0 Å². The van der Waals surface area contributed by atoms with Crippen LogP contribution in [0.1, 0.15) is 24.3 Å². The van der Waals surface area contributed by atoms with Crippen LogP contribution in [0.3, 0.4) is 0 Å². The molecule has 3 amide bonds. The summed E-state index contributed by atoms with van der Waals surface area (Å²) in [5, 5.41) is 3.27. The smallest absolute Gasteiger partial charge is 0.338 e. The molecule has 2 aliphatic rings. The number of rotatable bonds is 12. The number of urea groups is 1. The minimum absolute atomic E-state index is 0.0821. The molecule has 2 N–H and O–H groups in total. The van der Waals surface area contributed by atoms with Gasteiger partial charge in [0.2, 0.25) is 0 Å². The molecule has 11 nitrogen and oxygen atoms in total. The third-order valence-corrected chi connectivity index (χ3v) is 9.70. The SMILES string of the molecule is CCN1CCN(CCCOc2cc3nccc(Oc4c(F)cc(NC(=O)NN5C(=O)CSC5c5ccc(F)cc5)cc4F)c3cc2OC)CC1. The van der Waals surface area contributed by atoms with Crippen LogP contribution in [0.2, 0.25) is 0 Å². The molecule has 2 aliphatic heterocycles. The zero-order valence-electron chi connectivity index (χ0n) is 27.6. The van der Waals surface area contributed by atoms with Gasteiger partial charge in [0, 0.05) is 68.2 Å². The van der Waals surface area contributed by atoms with Gasteiger partial charge in [-0.2, -0.15) is 0 Å². The Bertz CT molecular complexity index is 1820. The zero-order chi connectivity index (χ0) is 35.2. The summed E-state index contributed by atoms with van der Waals surface area (Å²) in [7, 11) is 1.50. The topological polar surface area (TPSA) is 109 Å². The number of fused-ring (bicyclic) bond motifs is 1. The number of thioether (sulfide) groups is 1. The molecule has 50 heavy (non-hydrogen) atoms. The largest absolute Gasteiger partial charge is 0.493 e. The molecular weight excluding hydrogens is 673 g/mol. The number of likely N-dealkylation sites (N-methyl/N-ethyl adjacent to an activating group) is 1. The van der Waals surface area contributed by atoms with E-state index in [2.05, 4.69) is 32.5 Å². The summed E-state index contributed by atoms with van der Waals surface area (Å²) < 4.78 is 61.3. The Balaban J connectivity index is 1.10. The van der Waals surface area contributed by atoms with Gasteiger partial charge in [-0.15, -0.1) is 11.8 Å². The first kappa shape index (κ1) is 35.1. The molecule has 15 heteroatoms. The van der Waals surface area contributed by atoms with Gasteiger partial charge in [0.15, 0.2) is 28.9 Å². The normalized spacial score (nSPS) is 16.9. The number of pyridine rings is 1. The standard InChI is InChI=1S/C35H37F3N6O5S/c1-3-42-12-14-43(15-13-42)11-4-16-48-31-20-28-25(19-30(31)47-2)29(9-10-39-28)49-33-26(37)17-24(18-27(33)38)40-35(46)41-44-32(45)21-50-34(44)22-5-7-23(36)8-6-22/h5-10,17-20,34H,3-4,11-16,21H2,1-2H3,(H2,40,41,46). The first-order valence-electron chi connectivity index (χ1n) is 16.2. The number of ether oxygens (including phenoxy) is 3. The molecular formula is C35H37F3N6O5S. The van der Waals surface area contributed by atoms with Crippen LogP contribution in [0, 0.1) is 17.5 Å². The highest BCUT2D eigenvalue weighted by Gasteiger charge is 2.34. The number of halogens is 3. The second-order valence-electron chi connectivity index (χ2n) is 11.7. The van der Waals surface area contributed by atoms with Crippen LogP contribution in [0.15, 0.2) is 60.8 Å². The number of carbonyl (C=O) groups is 2. The first-order chi connectivity index (χ1) is 24.2. The molecule has 0 radical (unpaired) electrons. The Labute approximate surface area is 291 Å². The average molecular weight is 711 g/mol. The lowest BCUT2D eigenvalue weighted by Gasteiger charge is -2.33. The van der Waals surface area contributed by atoms with Gasteiger partial charge in [-0.3, -0.25) is 9.78 Å². The van der Waals surface area contributed by atoms with Crippen molar-refractivity contribution in [2.75, 3.05) is 64.1 Å². The van der Waals surface area contributed by atoms with Gasteiger partial charge in [0.05, 0.1) is 25.0 Å². The van der Waals surface area contributed by atoms with Gasteiger partial charge in [-0.1, -0.05) is 19.1 Å². The highest BCUT2D eigenvalue weighted by molar-refractivity contribution is 8.00. The van der Waals surface area contributed by atoms with Crippen molar-refractivity contribution in [1.29, 1.82) is 0 Å². The third-order valence-electron chi connectivity index (χ3n) is 8.49. The van der Waals surface area contributed by atoms with E-state index in [0.29, 0.717) is 34.6 Å². The predicted octanol–water partition coefficient (Wildman–Crippen LogP) is 6.17. The maximum atomic E-state index is 15.3. The first-order valence-corrected chi connectivity index (χ1v) is 17.2. The third kappa shape index (κ3) is 8.17. The summed E-state index contributed by atoms with van der Waals surface area (Å²) in [4.78, 5) is 34.5. The fourth-order valence-electron chi connectivity index (χ4n) is 5.82. The van der Waals surface area contributed by atoms with Gasteiger partial charge in [0.1, 0.15) is 16.9 Å². The van der Waals surface area contributed by atoms with Crippen molar-refractivity contribution < 1.29 is 37.0 Å². The van der Waals surface area contributed by atoms with E-state index in [0.717, 1.165) is 62.8 Å². The van der Waals surface area contributed by atoms with Crippen LogP contribution in [0.4, 0.5) is 23.7 Å². The number of hydrogen-bond acceptors (Lipinski definition) is 9. The second kappa shape index (κ2) is 15.9. The number of benzene rings is 3. The molecule has 3 heterocycles. The molecule has 0 spiro atoms. The van der Waals surface area contributed by atoms with E-state index >= 15 is 8.78 Å². The summed E-state index contributed by atoms with van der Waals surface area (Å²) in [6.45, 7) is 8.86. The lowest BCUT2D eigenvalue weighted by Crippen LogP contribution is -2.46. The van der Waals surface area contributed by atoms with Crippen molar-refractivity contribution in [2.45, 2.75) is 18.7 Å². The summed E-state index contributed by atoms with van der Waals surface area (Å²) in [6.07, 6.45) is 2.29. The van der Waals surface area contributed by atoms with E-state index in [-0.39, 0.29) is 17.2 Å². The van der Waals surface area contributed by atoms with Crippen LogP contribution >= 0.6 is 11.8 Å². The maximum absolute atomic E-state index is 15.3. The number of anilines is 1. The van der Waals surface area contributed by atoms with Crippen molar-refractivity contribution in [2.24, 2.45) is 0 Å². The van der Waals surface area contributed by atoms with Crippen molar-refractivity contribution in [3.63, 3.8) is 0 Å². The second-order valence-corrected chi connectivity index (χ2v) is 12.8. The number of carbonyl (C=O) groups excluding carboxylic acids is 2. The fraction of sp³-hybridized carbons (Fsp3) is 0.343. The monoisotopic (exact) mass is 710 g/mol. The van der Waals surface area contributed by atoms with E-state index in [1.165, 1.54) is 55.4 Å². The van der Waals surface area contributed by atoms with Crippen LogP contribution in [-0.2, 0) is 4.79 Å². The number of hydrazine groups is 1. The van der Waals surface area contributed by atoms with Gasteiger partial charge in [0.25, 0.3) is 5.91 Å². The van der Waals surface area contributed by atoms with E-state index < -0.39 is 40.5 Å². The highest BCUT2D eigenvalue weighted by atomic mass is 32.2. The van der Waals surface area contributed by atoms with Crippen LogP contribution in [-0.4, -0.2) is 90.5 Å². The molecule has 264 valence electrons. The fourth-order valence-corrected chi connectivity index (χ4v) is 6.92. The molecule has 2 saturated heterocycles. The Morgan fingerprint density at radius 2 is 1.68 bits per heavy atom. The molecule has 0 bridgehead atoms. The van der Waals surface area contributed by atoms with Crippen molar-refractivity contribution >= 4 is 40.3 Å². The summed E-state index contributed by atoms with van der Waals surface area (Å²) >= 11 is 1.24. The Morgan fingerprint density at radius 1 is 0.960 bits per heavy atom. The van der Waals surface area contributed by atoms with Gasteiger partial charge in [-0.25, -0.2) is 28.4 Å². The van der Waals surface area contributed by atoms with Crippen molar-refractivity contribution in [3.05, 3.63) is 83.8 Å². The number of hydrogen-bond donors (Lipinski definition) is 2. The molecule has 1 atom stereocenters. The molecule has 2 fully saturated rings. The molecule has 0 saturated carbocycles. The maximum Gasteiger partial charge on any atom is 0.338 e. The van der Waals surface area contributed by atoms with Crippen LogP contribution in [0.25, 0.3) is 10.9 Å². The molecule has 0 aliphatic carbocycles. The van der Waals surface area contributed by atoms with E-state index in [1.54, 1.807) is 12.1 Å². The summed E-state index contributed by atoms with van der Waals surface area (Å²) in [5.41, 5.74) is 3.27. The minimum atomic E-state index is -1.08. The Kier molecular flexibility index (Phi) is 11.1. The molecule has 4 aromatic rings. The molecule has 1 unspecified atom stereocenters. The predicted molar refractivity (Wildman–Crippen MR) is 184 cm³/mol. The van der Waals surface area contributed by atoms with E-state index in [1.807, 2.05) is 0 Å². The summed E-state index contributed by atoms with van der Waals surface area (Å²) in [5.74, 6) is -2.57. The number of aromatic nitrogens is 1. The highest BCUT2D eigenvalue weighted by Crippen LogP contribution is 2.39. The number of nitrogens with one attached hydrogen (secondary N) is 2. The van der Waals surface area contributed by atoms with E-state index in [4.69, 9.17) is 14.2 Å². The number of methoxy groups -OCH3 is 1. The Hall–Kier alpha value is -4.73. The van der Waals surface area contributed by atoms with Crippen molar-refractivity contribution in [3.8, 4) is 23.0 Å². The lowest BCUT2D eigenvalue weighted by atomic mass is 10.1. The van der Waals surface area contributed by atoms with Gasteiger partial charge >= 0.3 is 6.03 Å². The minimum Gasteiger partial charge on any atom is -0.493 e. The zero-order valence-corrected chi connectivity index (χ0v) is 28.4. The molecule has 1 aromatic heterocycles. The molecule has 6 rings (SSSR count). The molecule has 3 aromatic carbocycles. The number of piperazine rings is 1. The van der Waals surface area contributed by atoms with Crippen LogP contribution in [0.5, 0.6) is 23.0 Å². The van der Waals surface area contributed by atoms with Gasteiger partial charge in [-0.05, 0) is 42.8 Å². The van der Waals surface area contributed by atoms with Crippen LogP contribution < -0.4 is 25.0 Å². The lowest BCUT2D eigenvalue weighted by molar-refractivity contribution is -0.130. The Morgan fingerprint density at radius 3 is 2.38 bits per heavy atom.